The lowest BCUT2D eigenvalue weighted by atomic mass is 9.78. The SMILES string of the molecule is C=CCOc1ccc(-c2ncc(C3CCC(CC=C)CC3)cn2)cc1. The van der Waals surface area contributed by atoms with E-state index in [1.807, 2.05) is 36.7 Å². The van der Waals surface area contributed by atoms with Gasteiger partial charge in [0.1, 0.15) is 12.4 Å². The molecule has 1 aliphatic carbocycles. The molecule has 0 unspecified atom stereocenters. The van der Waals surface area contributed by atoms with Crippen molar-refractivity contribution in [1.82, 2.24) is 9.97 Å². The van der Waals surface area contributed by atoms with Gasteiger partial charge in [-0.2, -0.15) is 0 Å². The van der Waals surface area contributed by atoms with Crippen molar-refractivity contribution >= 4 is 0 Å². The van der Waals surface area contributed by atoms with Crippen LogP contribution in [0.4, 0.5) is 0 Å². The van der Waals surface area contributed by atoms with Crippen LogP contribution in [-0.4, -0.2) is 16.6 Å². The highest BCUT2D eigenvalue weighted by atomic mass is 16.5. The maximum atomic E-state index is 5.51. The third-order valence-corrected chi connectivity index (χ3v) is 4.97. The molecule has 0 amide bonds. The zero-order chi connectivity index (χ0) is 17.5. The van der Waals surface area contributed by atoms with Gasteiger partial charge in [0, 0.05) is 18.0 Å². The van der Waals surface area contributed by atoms with Crippen LogP contribution in [0.3, 0.4) is 0 Å². The summed E-state index contributed by atoms with van der Waals surface area (Å²) in [4.78, 5) is 9.17. The number of aromatic nitrogens is 2. The number of hydrogen-bond donors (Lipinski definition) is 0. The predicted molar refractivity (Wildman–Crippen MR) is 103 cm³/mol. The highest BCUT2D eigenvalue weighted by Gasteiger charge is 2.22. The lowest BCUT2D eigenvalue weighted by Crippen LogP contribution is -2.13. The molecule has 3 rings (SSSR count). The van der Waals surface area contributed by atoms with Gasteiger partial charge in [0.2, 0.25) is 0 Å². The largest absolute Gasteiger partial charge is 0.490 e. The smallest absolute Gasteiger partial charge is 0.159 e. The highest BCUT2D eigenvalue weighted by Crippen LogP contribution is 2.36. The third-order valence-electron chi connectivity index (χ3n) is 4.97. The van der Waals surface area contributed by atoms with Crippen molar-refractivity contribution in [3.63, 3.8) is 0 Å². The normalized spacial score (nSPS) is 20.0. The van der Waals surface area contributed by atoms with Gasteiger partial charge in [-0.1, -0.05) is 18.7 Å². The van der Waals surface area contributed by atoms with Gasteiger partial charge in [0.05, 0.1) is 0 Å². The molecular weight excluding hydrogens is 308 g/mol. The van der Waals surface area contributed by atoms with Crippen LogP contribution in [-0.2, 0) is 0 Å². The Labute approximate surface area is 150 Å². The highest BCUT2D eigenvalue weighted by molar-refractivity contribution is 5.56. The number of rotatable bonds is 7. The summed E-state index contributed by atoms with van der Waals surface area (Å²) in [6.07, 6.45) is 14.0. The van der Waals surface area contributed by atoms with Crippen LogP contribution in [0.2, 0.25) is 0 Å². The number of benzene rings is 1. The van der Waals surface area contributed by atoms with E-state index >= 15 is 0 Å². The molecule has 0 spiro atoms. The van der Waals surface area contributed by atoms with Crippen molar-refractivity contribution in [2.45, 2.75) is 38.0 Å². The number of allylic oxidation sites excluding steroid dienone is 1. The molecule has 1 fully saturated rings. The van der Waals surface area contributed by atoms with Gasteiger partial charge in [0.25, 0.3) is 0 Å². The van der Waals surface area contributed by atoms with E-state index in [-0.39, 0.29) is 0 Å². The first-order chi connectivity index (χ1) is 12.3. The molecule has 1 aliphatic rings. The monoisotopic (exact) mass is 334 g/mol. The van der Waals surface area contributed by atoms with E-state index in [0.29, 0.717) is 12.5 Å². The van der Waals surface area contributed by atoms with Gasteiger partial charge >= 0.3 is 0 Å². The molecule has 0 N–H and O–H groups in total. The molecule has 1 heterocycles. The second-order valence-electron chi connectivity index (χ2n) is 6.71. The maximum Gasteiger partial charge on any atom is 0.159 e. The van der Waals surface area contributed by atoms with Gasteiger partial charge in [-0.15, -0.1) is 6.58 Å². The molecule has 0 saturated heterocycles. The summed E-state index contributed by atoms with van der Waals surface area (Å²) >= 11 is 0. The third kappa shape index (κ3) is 4.56. The fourth-order valence-corrected chi connectivity index (χ4v) is 3.52. The summed E-state index contributed by atoms with van der Waals surface area (Å²) in [5, 5.41) is 0. The summed E-state index contributed by atoms with van der Waals surface area (Å²) < 4.78 is 5.51. The van der Waals surface area contributed by atoms with Crippen molar-refractivity contribution in [2.75, 3.05) is 6.61 Å². The van der Waals surface area contributed by atoms with Crippen molar-refractivity contribution in [2.24, 2.45) is 5.92 Å². The Bertz CT molecular complexity index is 683. The fraction of sp³-hybridized carbons (Fsp3) is 0.364. The fourth-order valence-electron chi connectivity index (χ4n) is 3.52. The topological polar surface area (TPSA) is 35.0 Å². The van der Waals surface area contributed by atoms with Gasteiger partial charge in [0.15, 0.2) is 5.82 Å². The van der Waals surface area contributed by atoms with Crippen LogP contribution >= 0.6 is 0 Å². The first-order valence-electron chi connectivity index (χ1n) is 9.07. The second-order valence-corrected chi connectivity index (χ2v) is 6.71. The molecule has 3 nitrogen and oxygen atoms in total. The first-order valence-corrected chi connectivity index (χ1v) is 9.07. The molecular formula is C22H26N2O. The zero-order valence-electron chi connectivity index (χ0n) is 14.7. The van der Waals surface area contributed by atoms with E-state index in [1.165, 1.54) is 31.2 Å². The molecule has 25 heavy (non-hydrogen) atoms. The number of ether oxygens (including phenoxy) is 1. The maximum absolute atomic E-state index is 5.51. The van der Waals surface area contributed by atoms with Gasteiger partial charge < -0.3 is 4.74 Å². The van der Waals surface area contributed by atoms with Crippen molar-refractivity contribution < 1.29 is 4.74 Å². The minimum atomic E-state index is 0.513. The zero-order valence-corrected chi connectivity index (χ0v) is 14.7. The van der Waals surface area contributed by atoms with Crippen molar-refractivity contribution in [3.8, 4) is 17.1 Å². The van der Waals surface area contributed by atoms with Crippen LogP contribution in [0.25, 0.3) is 11.4 Å². The second kappa shape index (κ2) is 8.61. The van der Waals surface area contributed by atoms with Crippen molar-refractivity contribution in [3.05, 3.63) is 67.5 Å². The summed E-state index contributed by atoms with van der Waals surface area (Å²) in [5.41, 5.74) is 2.28. The lowest BCUT2D eigenvalue weighted by molar-refractivity contribution is 0.328. The Morgan fingerprint density at radius 2 is 1.64 bits per heavy atom. The Morgan fingerprint density at radius 1 is 0.960 bits per heavy atom. The minimum Gasteiger partial charge on any atom is -0.490 e. The summed E-state index contributed by atoms with van der Waals surface area (Å²) in [5.74, 6) is 3.01. The van der Waals surface area contributed by atoms with Crippen LogP contribution in [0.1, 0.15) is 43.6 Å². The Kier molecular flexibility index (Phi) is 5.99. The Hall–Kier alpha value is -2.42. The Morgan fingerprint density at radius 3 is 2.24 bits per heavy atom. The van der Waals surface area contributed by atoms with Crippen molar-refractivity contribution in [1.29, 1.82) is 0 Å². The van der Waals surface area contributed by atoms with E-state index in [4.69, 9.17) is 4.74 Å². The average Bonchev–Trinajstić information content (AvgIpc) is 2.68. The van der Waals surface area contributed by atoms with Crippen LogP contribution in [0.15, 0.2) is 62.0 Å². The first kappa shape index (κ1) is 17.4. The van der Waals surface area contributed by atoms with Gasteiger partial charge in [-0.05, 0) is 73.8 Å². The molecule has 0 radical (unpaired) electrons. The molecule has 2 aromatic rings. The standard InChI is InChI=1S/C22H26N2O/c1-3-5-17-6-8-18(9-7-17)20-15-23-22(24-16-20)19-10-12-21(13-11-19)25-14-4-2/h3-4,10-13,15-18H,1-2,5-9,14H2. The van der Waals surface area contributed by atoms with Gasteiger partial charge in [-0.25, -0.2) is 9.97 Å². The number of nitrogens with zero attached hydrogens (tertiary/aromatic N) is 2. The quantitative estimate of drug-likeness (QED) is 0.622. The van der Waals surface area contributed by atoms with E-state index in [2.05, 4.69) is 29.2 Å². The van der Waals surface area contributed by atoms with E-state index < -0.39 is 0 Å². The Balaban J connectivity index is 1.62. The lowest BCUT2D eigenvalue weighted by Gasteiger charge is -2.27. The van der Waals surface area contributed by atoms with Crippen LogP contribution < -0.4 is 4.74 Å². The van der Waals surface area contributed by atoms with Crippen LogP contribution in [0, 0.1) is 5.92 Å². The minimum absolute atomic E-state index is 0.513. The van der Waals surface area contributed by atoms with E-state index in [0.717, 1.165) is 29.5 Å². The van der Waals surface area contributed by atoms with Crippen LogP contribution in [0.5, 0.6) is 5.75 Å². The summed E-state index contributed by atoms with van der Waals surface area (Å²) in [6, 6.07) is 7.87. The van der Waals surface area contributed by atoms with Gasteiger partial charge in [-0.3, -0.25) is 0 Å². The summed E-state index contributed by atoms with van der Waals surface area (Å²) in [6.45, 7) is 8.02. The van der Waals surface area contributed by atoms with E-state index in [9.17, 15) is 0 Å². The molecule has 1 saturated carbocycles. The molecule has 1 aromatic heterocycles. The number of hydrogen-bond acceptors (Lipinski definition) is 3. The molecule has 0 atom stereocenters. The molecule has 1 aromatic carbocycles. The summed E-state index contributed by atoms with van der Waals surface area (Å²) in [7, 11) is 0. The predicted octanol–water partition coefficient (Wildman–Crippen LogP) is 5.56. The van der Waals surface area contributed by atoms with E-state index in [1.54, 1.807) is 6.08 Å². The molecule has 0 bridgehead atoms. The molecule has 0 aliphatic heterocycles. The molecule has 3 heteroatoms. The molecule has 130 valence electrons. The average molecular weight is 334 g/mol.